The zero-order valence-electron chi connectivity index (χ0n) is 20.4. The molecule has 31 heavy (non-hydrogen) atoms. The molecule has 0 rings (SSSR count). The largest absolute Gasteiger partial charge is 0.359 e. The standard InChI is InChI=1S/C23H48O7S/c1-5-9-10-11-12-13-14-15-16-17-18-19-20-27-22(31(24,25)26)21-23(28-6-2,29-7-3)30-8-4/h22H,5-21H2,1-4H3,(H,24,25,26). The fourth-order valence-electron chi connectivity index (χ4n) is 3.57. The Morgan fingerprint density at radius 3 is 1.42 bits per heavy atom. The molecule has 1 unspecified atom stereocenters. The first-order chi connectivity index (χ1) is 14.8. The summed E-state index contributed by atoms with van der Waals surface area (Å²) in [5.41, 5.74) is -1.45. The summed E-state index contributed by atoms with van der Waals surface area (Å²) in [6, 6.07) is 0. The van der Waals surface area contributed by atoms with Crippen LogP contribution in [0.4, 0.5) is 0 Å². The van der Waals surface area contributed by atoms with Gasteiger partial charge in [0.1, 0.15) is 0 Å². The Morgan fingerprint density at radius 1 is 0.677 bits per heavy atom. The van der Waals surface area contributed by atoms with Gasteiger partial charge in [-0.15, -0.1) is 0 Å². The van der Waals surface area contributed by atoms with Gasteiger partial charge in [0.25, 0.3) is 16.1 Å². The van der Waals surface area contributed by atoms with Gasteiger partial charge in [-0.05, 0) is 27.2 Å². The van der Waals surface area contributed by atoms with E-state index in [-0.39, 0.29) is 32.8 Å². The van der Waals surface area contributed by atoms with Crippen LogP contribution >= 0.6 is 0 Å². The van der Waals surface area contributed by atoms with E-state index in [1.807, 2.05) is 0 Å². The van der Waals surface area contributed by atoms with Crippen molar-refractivity contribution >= 4 is 10.1 Å². The minimum Gasteiger partial charge on any atom is -0.359 e. The van der Waals surface area contributed by atoms with E-state index in [2.05, 4.69) is 6.92 Å². The first kappa shape index (κ1) is 30.8. The monoisotopic (exact) mass is 468 g/mol. The van der Waals surface area contributed by atoms with E-state index in [1.54, 1.807) is 20.8 Å². The normalized spacial score (nSPS) is 13.6. The average molecular weight is 469 g/mol. The topological polar surface area (TPSA) is 91.3 Å². The molecule has 0 heterocycles. The lowest BCUT2D eigenvalue weighted by Crippen LogP contribution is -2.45. The minimum atomic E-state index is -4.43. The number of hydrogen-bond acceptors (Lipinski definition) is 6. The van der Waals surface area contributed by atoms with Crippen molar-refractivity contribution in [3.05, 3.63) is 0 Å². The first-order valence-corrected chi connectivity index (χ1v) is 13.8. The Bertz CT molecular complexity index is 479. The Labute approximate surface area is 191 Å². The van der Waals surface area contributed by atoms with Gasteiger partial charge in [-0.25, -0.2) is 0 Å². The van der Waals surface area contributed by atoms with Crippen molar-refractivity contribution in [2.24, 2.45) is 0 Å². The summed E-state index contributed by atoms with van der Waals surface area (Å²) in [6.45, 7) is 8.62. The van der Waals surface area contributed by atoms with E-state index in [1.165, 1.54) is 57.8 Å². The summed E-state index contributed by atoms with van der Waals surface area (Å²) >= 11 is 0. The number of rotatable bonds is 23. The van der Waals surface area contributed by atoms with E-state index in [9.17, 15) is 13.0 Å². The molecule has 0 amide bonds. The molecule has 0 saturated carbocycles. The molecule has 0 bridgehead atoms. The molecule has 0 aromatic rings. The molecule has 1 N–H and O–H groups in total. The Balaban J connectivity index is 4.20. The maximum atomic E-state index is 11.8. The van der Waals surface area contributed by atoms with Crippen molar-refractivity contribution in [1.29, 1.82) is 0 Å². The lowest BCUT2D eigenvalue weighted by Gasteiger charge is -2.34. The van der Waals surface area contributed by atoms with Gasteiger partial charge in [-0.1, -0.05) is 77.6 Å². The van der Waals surface area contributed by atoms with Crippen molar-refractivity contribution in [1.82, 2.24) is 0 Å². The summed E-state index contributed by atoms with van der Waals surface area (Å²) in [6.07, 6.45) is 14.3. The molecule has 0 aliphatic heterocycles. The number of hydrogen-bond donors (Lipinski definition) is 1. The zero-order valence-corrected chi connectivity index (χ0v) is 21.2. The molecule has 7 nitrogen and oxygen atoms in total. The highest BCUT2D eigenvalue weighted by atomic mass is 32.2. The van der Waals surface area contributed by atoms with Crippen LogP contribution in [-0.2, 0) is 29.1 Å². The highest BCUT2D eigenvalue weighted by Crippen LogP contribution is 2.26. The van der Waals surface area contributed by atoms with Gasteiger partial charge in [-0.3, -0.25) is 4.55 Å². The molecule has 0 aromatic carbocycles. The lowest BCUT2D eigenvalue weighted by molar-refractivity contribution is -0.383. The van der Waals surface area contributed by atoms with Crippen LogP contribution in [0.5, 0.6) is 0 Å². The molecule has 188 valence electrons. The molecular formula is C23H48O7S. The summed E-state index contributed by atoms with van der Waals surface area (Å²) in [7, 11) is -4.43. The third kappa shape index (κ3) is 16.1. The fraction of sp³-hybridized carbons (Fsp3) is 1.00. The minimum absolute atomic E-state index is 0.250. The van der Waals surface area contributed by atoms with Gasteiger partial charge in [0.15, 0.2) is 5.44 Å². The van der Waals surface area contributed by atoms with E-state index >= 15 is 0 Å². The van der Waals surface area contributed by atoms with Crippen LogP contribution in [0.3, 0.4) is 0 Å². The Hall–Kier alpha value is -0.250. The van der Waals surface area contributed by atoms with E-state index < -0.39 is 21.5 Å². The second kappa shape index (κ2) is 19.2. The van der Waals surface area contributed by atoms with Crippen molar-refractivity contribution < 1.29 is 31.9 Å². The van der Waals surface area contributed by atoms with Crippen LogP contribution in [0.2, 0.25) is 0 Å². The van der Waals surface area contributed by atoms with Gasteiger partial charge in [-0.2, -0.15) is 8.42 Å². The van der Waals surface area contributed by atoms with Crippen molar-refractivity contribution in [2.45, 2.75) is 123 Å². The van der Waals surface area contributed by atoms with Gasteiger partial charge in [0.05, 0.1) is 6.42 Å². The molecule has 0 aliphatic carbocycles. The Kier molecular flexibility index (Phi) is 19.1. The molecule has 0 aliphatic rings. The average Bonchev–Trinajstić information content (AvgIpc) is 2.70. The molecule has 0 aromatic heterocycles. The van der Waals surface area contributed by atoms with Crippen LogP contribution < -0.4 is 0 Å². The van der Waals surface area contributed by atoms with E-state index in [0.29, 0.717) is 0 Å². The highest BCUT2D eigenvalue weighted by molar-refractivity contribution is 7.86. The molecule has 0 spiro atoms. The summed E-state index contributed by atoms with van der Waals surface area (Å²) in [5.74, 6) is -1.55. The summed E-state index contributed by atoms with van der Waals surface area (Å²) in [4.78, 5) is 0. The van der Waals surface area contributed by atoms with Crippen molar-refractivity contribution in [3.63, 3.8) is 0 Å². The molecular weight excluding hydrogens is 420 g/mol. The molecule has 8 heteroatoms. The zero-order chi connectivity index (χ0) is 23.4. The van der Waals surface area contributed by atoms with E-state index in [0.717, 1.165) is 19.3 Å². The quantitative estimate of drug-likeness (QED) is 0.110. The van der Waals surface area contributed by atoms with Crippen LogP contribution in [0.25, 0.3) is 0 Å². The maximum Gasteiger partial charge on any atom is 0.292 e. The lowest BCUT2D eigenvalue weighted by atomic mass is 10.1. The second-order valence-corrected chi connectivity index (χ2v) is 9.45. The maximum absolute atomic E-state index is 11.8. The first-order valence-electron chi connectivity index (χ1n) is 12.3. The van der Waals surface area contributed by atoms with Gasteiger partial charge < -0.3 is 18.9 Å². The number of ether oxygens (including phenoxy) is 4. The van der Waals surface area contributed by atoms with Crippen molar-refractivity contribution in [3.8, 4) is 0 Å². The molecule has 0 saturated heterocycles. The number of unbranched alkanes of at least 4 members (excludes halogenated alkanes) is 11. The van der Waals surface area contributed by atoms with Crippen LogP contribution in [0, 0.1) is 0 Å². The second-order valence-electron chi connectivity index (χ2n) is 7.89. The predicted molar refractivity (Wildman–Crippen MR) is 125 cm³/mol. The molecule has 0 radical (unpaired) electrons. The van der Waals surface area contributed by atoms with Gasteiger partial charge in [0, 0.05) is 26.4 Å². The Morgan fingerprint density at radius 2 is 1.06 bits per heavy atom. The molecule has 0 fully saturated rings. The smallest absolute Gasteiger partial charge is 0.292 e. The molecule has 1 atom stereocenters. The summed E-state index contributed by atoms with van der Waals surface area (Å²) < 4.78 is 55.5. The summed E-state index contributed by atoms with van der Waals surface area (Å²) in [5, 5.41) is 0. The van der Waals surface area contributed by atoms with Crippen LogP contribution in [0.1, 0.15) is 111 Å². The van der Waals surface area contributed by atoms with E-state index in [4.69, 9.17) is 18.9 Å². The van der Waals surface area contributed by atoms with Gasteiger partial charge in [0.2, 0.25) is 0 Å². The SMILES string of the molecule is CCCCCCCCCCCCCCOC(CC(OCC)(OCC)OCC)S(=O)(=O)O. The van der Waals surface area contributed by atoms with Gasteiger partial charge >= 0.3 is 0 Å². The fourth-order valence-corrected chi connectivity index (χ4v) is 4.26. The predicted octanol–water partition coefficient (Wildman–Crippen LogP) is 6.07. The third-order valence-electron chi connectivity index (χ3n) is 5.14. The van der Waals surface area contributed by atoms with Crippen LogP contribution in [0.15, 0.2) is 0 Å². The third-order valence-corrected chi connectivity index (χ3v) is 6.11. The van der Waals surface area contributed by atoms with Crippen molar-refractivity contribution in [2.75, 3.05) is 26.4 Å². The highest BCUT2D eigenvalue weighted by Gasteiger charge is 2.41. The van der Waals surface area contributed by atoms with Crippen LogP contribution in [-0.4, -0.2) is 50.8 Å².